The Bertz CT molecular complexity index is 1780. The van der Waals surface area contributed by atoms with Gasteiger partial charge in [-0.15, -0.1) is 0 Å². The van der Waals surface area contributed by atoms with Gasteiger partial charge in [0.2, 0.25) is 11.8 Å². The van der Waals surface area contributed by atoms with Crippen LogP contribution < -0.4 is 14.4 Å². The van der Waals surface area contributed by atoms with E-state index in [2.05, 4.69) is 14.7 Å². The number of hydrogen-bond acceptors (Lipinski definition) is 7. The molecule has 1 aliphatic carbocycles. The van der Waals surface area contributed by atoms with Crippen LogP contribution in [-0.2, 0) is 20.4 Å². The van der Waals surface area contributed by atoms with Crippen LogP contribution in [0.3, 0.4) is 0 Å². The molecule has 0 bridgehead atoms. The van der Waals surface area contributed by atoms with Gasteiger partial charge in [-0.1, -0.05) is 6.42 Å². The Morgan fingerprint density at radius 2 is 1.95 bits per heavy atom. The SMILES string of the molecule is CC(C)N(CCOc1ncc(-c2cc3c4c(cnc3cc2F)N(C)C(=O)C42CCC2)cc1NS(=O)(=O)N1CC(F)C1)C(=O)O. The van der Waals surface area contributed by atoms with Crippen LogP contribution in [-0.4, -0.2) is 90.2 Å². The van der Waals surface area contributed by atoms with E-state index < -0.39 is 33.7 Å². The number of amides is 2. The van der Waals surface area contributed by atoms with Crippen LogP contribution in [0.2, 0.25) is 0 Å². The maximum absolute atomic E-state index is 15.6. The Hall–Kier alpha value is -4.11. The first-order valence-electron chi connectivity index (χ1n) is 14.3. The number of ether oxygens (including phenoxy) is 1. The average Bonchev–Trinajstić information content (AvgIpc) is 3.15. The number of hydrogen-bond donors (Lipinski definition) is 2. The molecule has 1 saturated carbocycles. The van der Waals surface area contributed by atoms with Gasteiger partial charge in [0, 0.05) is 60.5 Å². The Labute approximate surface area is 252 Å². The highest BCUT2D eigenvalue weighted by Crippen LogP contribution is 2.55. The van der Waals surface area contributed by atoms with E-state index in [4.69, 9.17) is 4.74 Å². The summed E-state index contributed by atoms with van der Waals surface area (Å²) in [4.78, 5) is 36.2. The number of pyridine rings is 2. The highest BCUT2D eigenvalue weighted by molar-refractivity contribution is 7.90. The van der Waals surface area contributed by atoms with E-state index in [0.29, 0.717) is 29.4 Å². The number of benzene rings is 1. The summed E-state index contributed by atoms with van der Waals surface area (Å²) in [5.41, 5.74) is 1.39. The van der Waals surface area contributed by atoms with E-state index in [0.717, 1.165) is 21.2 Å². The number of alkyl halides is 1. The molecule has 4 heterocycles. The molecule has 1 aromatic carbocycles. The minimum Gasteiger partial charge on any atom is -0.474 e. The van der Waals surface area contributed by atoms with Crippen LogP contribution in [0.15, 0.2) is 30.6 Å². The number of nitrogens with zero attached hydrogens (tertiary/aromatic N) is 5. The van der Waals surface area contributed by atoms with Crippen molar-refractivity contribution in [2.45, 2.75) is 50.7 Å². The molecule has 2 amide bonds. The molecule has 2 aliphatic heterocycles. The minimum absolute atomic E-state index is 0.0146. The summed E-state index contributed by atoms with van der Waals surface area (Å²) < 4.78 is 64.1. The zero-order valence-electron chi connectivity index (χ0n) is 24.4. The molecule has 12 nitrogen and oxygen atoms in total. The van der Waals surface area contributed by atoms with Crippen molar-refractivity contribution in [1.82, 2.24) is 19.2 Å². The molecule has 2 aromatic heterocycles. The Morgan fingerprint density at radius 3 is 2.57 bits per heavy atom. The number of nitrogens with one attached hydrogen (secondary N) is 1. The second-order valence-electron chi connectivity index (χ2n) is 11.7. The van der Waals surface area contributed by atoms with Gasteiger partial charge in [-0.25, -0.2) is 18.6 Å². The lowest BCUT2D eigenvalue weighted by atomic mass is 9.64. The first-order valence-corrected chi connectivity index (χ1v) is 15.7. The van der Waals surface area contributed by atoms with Crippen LogP contribution in [0, 0.1) is 5.82 Å². The maximum atomic E-state index is 15.6. The number of aromatic nitrogens is 2. The minimum atomic E-state index is -4.20. The van der Waals surface area contributed by atoms with Gasteiger partial charge < -0.3 is 19.6 Å². The number of rotatable bonds is 9. The first kappa shape index (κ1) is 29.9. The Kier molecular flexibility index (Phi) is 7.35. The van der Waals surface area contributed by atoms with E-state index in [9.17, 15) is 27.5 Å². The van der Waals surface area contributed by atoms with Gasteiger partial charge in [0.1, 0.15) is 24.3 Å². The van der Waals surface area contributed by atoms with Crippen LogP contribution in [0.25, 0.3) is 22.0 Å². The molecule has 6 rings (SSSR count). The third-order valence-corrected chi connectivity index (χ3v) is 10.1. The quantitative estimate of drug-likeness (QED) is 0.362. The van der Waals surface area contributed by atoms with E-state index in [1.807, 2.05) is 0 Å². The van der Waals surface area contributed by atoms with Crippen molar-refractivity contribution >= 4 is 44.5 Å². The zero-order valence-corrected chi connectivity index (χ0v) is 25.2. The number of carboxylic acid groups (broad SMARTS) is 1. The number of anilines is 2. The molecular formula is C29H32F2N6O6S. The summed E-state index contributed by atoms with van der Waals surface area (Å²) in [6, 6.07) is 3.92. The molecule has 2 fully saturated rings. The third-order valence-electron chi connectivity index (χ3n) is 8.68. The van der Waals surface area contributed by atoms with Crippen molar-refractivity contribution in [1.29, 1.82) is 0 Å². The molecule has 15 heteroatoms. The van der Waals surface area contributed by atoms with Crippen molar-refractivity contribution in [3.05, 3.63) is 42.0 Å². The monoisotopic (exact) mass is 630 g/mol. The molecular weight excluding hydrogens is 598 g/mol. The van der Waals surface area contributed by atoms with E-state index in [1.165, 1.54) is 18.3 Å². The largest absolute Gasteiger partial charge is 0.474 e. The maximum Gasteiger partial charge on any atom is 0.407 e. The summed E-state index contributed by atoms with van der Waals surface area (Å²) in [5.74, 6) is -0.807. The predicted molar refractivity (Wildman–Crippen MR) is 158 cm³/mol. The second-order valence-corrected chi connectivity index (χ2v) is 13.4. The normalized spacial score (nSPS) is 18.0. The molecule has 44 heavy (non-hydrogen) atoms. The fourth-order valence-corrected chi connectivity index (χ4v) is 7.37. The summed E-state index contributed by atoms with van der Waals surface area (Å²) in [7, 11) is -2.50. The van der Waals surface area contributed by atoms with Gasteiger partial charge in [0.05, 0.1) is 29.4 Å². The summed E-state index contributed by atoms with van der Waals surface area (Å²) in [5, 5.41) is 10.1. The standard InChI is InChI=1S/C29H32F2N6O6S/c1-16(2)37(28(39)40)7-8-43-26-23(34-44(41,42)36-14-18(30)15-36)9-17(12-33-26)19-10-20-22(11-21(19)31)32-13-24-25(20)29(5-4-6-29)27(38)35(24)3/h9-13,16,18,34H,4-8,14-15H2,1-3H3,(H,39,40). The molecule has 0 atom stereocenters. The number of likely N-dealkylation sites (N-methyl/N-ethyl adjacent to an activating group) is 1. The molecule has 1 spiro atoms. The van der Waals surface area contributed by atoms with Crippen LogP contribution in [0.1, 0.15) is 38.7 Å². The second kappa shape index (κ2) is 10.8. The molecule has 234 valence electrons. The van der Waals surface area contributed by atoms with Crippen molar-refractivity contribution in [2.24, 2.45) is 0 Å². The van der Waals surface area contributed by atoms with Gasteiger partial charge in [-0.05, 0) is 38.8 Å². The smallest absolute Gasteiger partial charge is 0.407 e. The fourth-order valence-electron chi connectivity index (χ4n) is 6.10. The van der Waals surface area contributed by atoms with Crippen LogP contribution >= 0.6 is 0 Å². The summed E-state index contributed by atoms with van der Waals surface area (Å²) in [6.45, 7) is 2.61. The average molecular weight is 631 g/mol. The predicted octanol–water partition coefficient (Wildman–Crippen LogP) is 3.91. The molecule has 0 unspecified atom stereocenters. The highest BCUT2D eigenvalue weighted by atomic mass is 32.2. The van der Waals surface area contributed by atoms with E-state index >= 15 is 4.39 Å². The molecule has 3 aromatic rings. The third kappa shape index (κ3) is 4.87. The number of fused-ring (bicyclic) bond motifs is 4. The number of carbonyl (C=O) groups excluding carboxylic acids is 1. The molecule has 3 aliphatic rings. The lowest BCUT2D eigenvalue weighted by Gasteiger charge is -2.37. The van der Waals surface area contributed by atoms with Gasteiger partial charge >= 0.3 is 16.3 Å². The lowest BCUT2D eigenvalue weighted by Crippen LogP contribution is -2.53. The van der Waals surface area contributed by atoms with Gasteiger partial charge in [-0.2, -0.15) is 12.7 Å². The Balaban J connectivity index is 1.40. The van der Waals surface area contributed by atoms with Crippen molar-refractivity contribution in [2.75, 3.05) is 42.9 Å². The van der Waals surface area contributed by atoms with Crippen molar-refractivity contribution in [3.8, 4) is 17.0 Å². The lowest BCUT2D eigenvalue weighted by molar-refractivity contribution is -0.125. The van der Waals surface area contributed by atoms with Gasteiger partial charge in [0.15, 0.2) is 0 Å². The van der Waals surface area contributed by atoms with E-state index in [1.54, 1.807) is 38.1 Å². The number of halogens is 2. The van der Waals surface area contributed by atoms with Crippen molar-refractivity contribution in [3.63, 3.8) is 0 Å². The van der Waals surface area contributed by atoms with E-state index in [-0.39, 0.29) is 60.9 Å². The topological polar surface area (TPSA) is 145 Å². The Morgan fingerprint density at radius 1 is 1.23 bits per heavy atom. The fraction of sp³-hybridized carbons (Fsp3) is 0.448. The van der Waals surface area contributed by atoms with Crippen LogP contribution in [0.4, 0.5) is 25.0 Å². The zero-order chi connectivity index (χ0) is 31.6. The van der Waals surface area contributed by atoms with Crippen LogP contribution in [0.5, 0.6) is 5.88 Å². The molecule has 0 radical (unpaired) electrons. The highest BCUT2D eigenvalue weighted by Gasteiger charge is 2.54. The molecule has 1 saturated heterocycles. The van der Waals surface area contributed by atoms with Gasteiger partial charge in [-0.3, -0.25) is 14.5 Å². The molecule has 2 N–H and O–H groups in total. The first-order chi connectivity index (χ1) is 20.8. The van der Waals surface area contributed by atoms with Gasteiger partial charge in [0.25, 0.3) is 0 Å². The summed E-state index contributed by atoms with van der Waals surface area (Å²) in [6.07, 6.45) is 2.75. The van der Waals surface area contributed by atoms with Crippen molar-refractivity contribution < 1.29 is 36.6 Å². The number of carbonyl (C=O) groups is 2. The summed E-state index contributed by atoms with van der Waals surface area (Å²) >= 11 is 0.